The molecule has 3 aromatic rings. The van der Waals surface area contributed by atoms with Crippen LogP contribution < -0.4 is 10.9 Å². The Kier molecular flexibility index (Phi) is 4.73. The van der Waals surface area contributed by atoms with Crippen molar-refractivity contribution in [3.8, 4) is 0 Å². The summed E-state index contributed by atoms with van der Waals surface area (Å²) >= 11 is 0. The highest BCUT2D eigenvalue weighted by Crippen LogP contribution is 2.30. The van der Waals surface area contributed by atoms with E-state index in [0.29, 0.717) is 5.39 Å². The standard InChI is InChI=1S/C19H14F4N2O2/c1-2-25-16(8-11-6-7-13(20)10-15(11)18(25)27)17(26)24-14-5-3-4-12(9-14)19(21,22)23/h3-10H,2H2,1H3,(H,24,26). The van der Waals surface area contributed by atoms with E-state index in [4.69, 9.17) is 0 Å². The molecule has 1 heterocycles. The van der Waals surface area contributed by atoms with E-state index in [0.717, 1.165) is 28.8 Å². The van der Waals surface area contributed by atoms with Gasteiger partial charge in [-0.3, -0.25) is 9.59 Å². The number of carbonyl (C=O) groups is 1. The van der Waals surface area contributed by atoms with Crippen LogP contribution in [0.1, 0.15) is 23.0 Å². The summed E-state index contributed by atoms with van der Waals surface area (Å²) in [5.41, 5.74) is -1.53. The second kappa shape index (κ2) is 6.86. The highest BCUT2D eigenvalue weighted by molar-refractivity contribution is 6.05. The van der Waals surface area contributed by atoms with Crippen molar-refractivity contribution in [2.45, 2.75) is 19.6 Å². The Labute approximate surface area is 151 Å². The molecule has 1 N–H and O–H groups in total. The van der Waals surface area contributed by atoms with Gasteiger partial charge in [-0.1, -0.05) is 12.1 Å². The molecule has 0 bridgehead atoms. The fourth-order valence-corrected chi connectivity index (χ4v) is 2.79. The van der Waals surface area contributed by atoms with Gasteiger partial charge in [-0.05, 0) is 48.7 Å². The Hall–Kier alpha value is -3.16. The van der Waals surface area contributed by atoms with Crippen molar-refractivity contribution in [3.63, 3.8) is 0 Å². The zero-order valence-electron chi connectivity index (χ0n) is 14.1. The van der Waals surface area contributed by atoms with E-state index in [1.54, 1.807) is 6.92 Å². The van der Waals surface area contributed by atoms with Crippen molar-refractivity contribution in [2.75, 3.05) is 5.32 Å². The number of nitrogens with zero attached hydrogens (tertiary/aromatic N) is 1. The number of fused-ring (bicyclic) bond motifs is 1. The van der Waals surface area contributed by atoms with Gasteiger partial charge in [0.2, 0.25) is 0 Å². The number of hydrogen-bond acceptors (Lipinski definition) is 2. The first-order valence-electron chi connectivity index (χ1n) is 8.02. The first kappa shape index (κ1) is 18.6. The Balaban J connectivity index is 2.04. The Morgan fingerprint density at radius 1 is 1.11 bits per heavy atom. The lowest BCUT2D eigenvalue weighted by molar-refractivity contribution is -0.137. The van der Waals surface area contributed by atoms with E-state index < -0.39 is 29.0 Å². The van der Waals surface area contributed by atoms with E-state index >= 15 is 0 Å². The minimum absolute atomic E-state index is 0.0287. The summed E-state index contributed by atoms with van der Waals surface area (Å²) in [7, 11) is 0. The molecule has 0 saturated carbocycles. The zero-order chi connectivity index (χ0) is 19.8. The average Bonchev–Trinajstić information content (AvgIpc) is 2.61. The lowest BCUT2D eigenvalue weighted by Gasteiger charge is -2.14. The van der Waals surface area contributed by atoms with Gasteiger partial charge in [0.05, 0.1) is 10.9 Å². The minimum atomic E-state index is -4.54. The van der Waals surface area contributed by atoms with Gasteiger partial charge in [-0.15, -0.1) is 0 Å². The highest BCUT2D eigenvalue weighted by atomic mass is 19.4. The van der Waals surface area contributed by atoms with E-state index in [9.17, 15) is 27.2 Å². The SMILES string of the molecule is CCn1c(C(=O)Nc2cccc(C(F)(F)F)c2)cc2ccc(F)cc2c1=O. The molecule has 0 unspecified atom stereocenters. The summed E-state index contributed by atoms with van der Waals surface area (Å²) in [6.45, 7) is 1.77. The van der Waals surface area contributed by atoms with Gasteiger partial charge < -0.3 is 9.88 Å². The van der Waals surface area contributed by atoms with E-state index in [1.165, 1.54) is 24.3 Å². The van der Waals surface area contributed by atoms with Crippen LogP contribution in [-0.2, 0) is 12.7 Å². The largest absolute Gasteiger partial charge is 0.416 e. The topological polar surface area (TPSA) is 51.1 Å². The lowest BCUT2D eigenvalue weighted by Crippen LogP contribution is -2.28. The van der Waals surface area contributed by atoms with Crippen molar-refractivity contribution >= 4 is 22.4 Å². The highest BCUT2D eigenvalue weighted by Gasteiger charge is 2.30. The zero-order valence-corrected chi connectivity index (χ0v) is 14.1. The third-order valence-corrected chi connectivity index (χ3v) is 4.07. The number of pyridine rings is 1. The first-order chi connectivity index (χ1) is 12.7. The summed E-state index contributed by atoms with van der Waals surface area (Å²) in [6.07, 6.45) is -4.54. The maximum atomic E-state index is 13.4. The fourth-order valence-electron chi connectivity index (χ4n) is 2.79. The van der Waals surface area contributed by atoms with Crippen LogP contribution in [0, 0.1) is 5.82 Å². The minimum Gasteiger partial charge on any atom is -0.321 e. The van der Waals surface area contributed by atoms with E-state index in [2.05, 4.69) is 5.32 Å². The van der Waals surface area contributed by atoms with E-state index in [-0.39, 0.29) is 23.3 Å². The number of anilines is 1. The van der Waals surface area contributed by atoms with Crippen LogP contribution in [0.3, 0.4) is 0 Å². The number of hydrogen-bond donors (Lipinski definition) is 1. The molecule has 3 rings (SSSR count). The average molecular weight is 378 g/mol. The molecular weight excluding hydrogens is 364 g/mol. The van der Waals surface area contributed by atoms with Crippen LogP contribution in [-0.4, -0.2) is 10.5 Å². The number of halogens is 4. The maximum Gasteiger partial charge on any atom is 0.416 e. The molecule has 2 aromatic carbocycles. The number of rotatable bonds is 3. The Bertz CT molecular complexity index is 1090. The molecule has 0 spiro atoms. The van der Waals surface area contributed by atoms with Crippen LogP contribution in [0.15, 0.2) is 53.3 Å². The van der Waals surface area contributed by atoms with Gasteiger partial charge in [0.1, 0.15) is 11.5 Å². The van der Waals surface area contributed by atoms with Gasteiger partial charge in [0.15, 0.2) is 0 Å². The molecule has 0 saturated heterocycles. The molecule has 27 heavy (non-hydrogen) atoms. The molecule has 140 valence electrons. The Morgan fingerprint density at radius 2 is 1.85 bits per heavy atom. The smallest absolute Gasteiger partial charge is 0.321 e. The van der Waals surface area contributed by atoms with Crippen molar-refractivity contribution in [1.29, 1.82) is 0 Å². The molecule has 4 nitrogen and oxygen atoms in total. The number of aromatic nitrogens is 1. The van der Waals surface area contributed by atoms with Crippen molar-refractivity contribution in [2.24, 2.45) is 0 Å². The second-order valence-electron chi connectivity index (χ2n) is 5.84. The van der Waals surface area contributed by atoms with Crippen LogP contribution >= 0.6 is 0 Å². The summed E-state index contributed by atoms with van der Waals surface area (Å²) in [4.78, 5) is 25.1. The third-order valence-electron chi connectivity index (χ3n) is 4.07. The normalized spacial score (nSPS) is 11.6. The summed E-state index contributed by atoms with van der Waals surface area (Å²) in [6, 6.07) is 9.21. The van der Waals surface area contributed by atoms with Crippen LogP contribution in [0.25, 0.3) is 10.8 Å². The van der Waals surface area contributed by atoms with Crippen LogP contribution in [0.2, 0.25) is 0 Å². The number of carbonyl (C=O) groups excluding carboxylic acids is 1. The molecule has 0 radical (unpaired) electrons. The van der Waals surface area contributed by atoms with Gasteiger partial charge in [0.25, 0.3) is 11.5 Å². The molecule has 1 amide bonds. The van der Waals surface area contributed by atoms with Crippen molar-refractivity contribution in [3.05, 3.63) is 76.0 Å². The molecule has 0 aliphatic heterocycles. The predicted molar refractivity (Wildman–Crippen MR) is 93.2 cm³/mol. The summed E-state index contributed by atoms with van der Waals surface area (Å²) < 4.78 is 53.0. The van der Waals surface area contributed by atoms with Gasteiger partial charge in [-0.25, -0.2) is 4.39 Å². The summed E-state index contributed by atoms with van der Waals surface area (Å²) in [5, 5.41) is 2.86. The number of nitrogens with one attached hydrogen (secondary N) is 1. The van der Waals surface area contributed by atoms with Gasteiger partial charge in [-0.2, -0.15) is 13.2 Å². The lowest BCUT2D eigenvalue weighted by atomic mass is 10.1. The van der Waals surface area contributed by atoms with Crippen molar-refractivity contribution in [1.82, 2.24) is 4.57 Å². The van der Waals surface area contributed by atoms with Crippen LogP contribution in [0.5, 0.6) is 0 Å². The second-order valence-corrected chi connectivity index (χ2v) is 5.84. The van der Waals surface area contributed by atoms with Gasteiger partial charge in [0, 0.05) is 12.2 Å². The number of benzene rings is 2. The van der Waals surface area contributed by atoms with Gasteiger partial charge >= 0.3 is 6.18 Å². The number of alkyl halides is 3. The molecule has 1 aromatic heterocycles. The molecule has 0 atom stereocenters. The quantitative estimate of drug-likeness (QED) is 0.686. The predicted octanol–water partition coefficient (Wildman–Crippen LogP) is 4.43. The monoisotopic (exact) mass is 378 g/mol. The summed E-state index contributed by atoms with van der Waals surface area (Å²) in [5.74, 6) is -1.32. The Morgan fingerprint density at radius 3 is 2.52 bits per heavy atom. The molecule has 0 fully saturated rings. The molecule has 0 aliphatic carbocycles. The third kappa shape index (κ3) is 3.69. The first-order valence-corrected chi connectivity index (χ1v) is 8.02. The maximum absolute atomic E-state index is 13.4. The molecular formula is C19H14F4N2O2. The van der Waals surface area contributed by atoms with Crippen molar-refractivity contribution < 1.29 is 22.4 Å². The number of amides is 1. The van der Waals surface area contributed by atoms with Crippen LogP contribution in [0.4, 0.5) is 23.2 Å². The van der Waals surface area contributed by atoms with E-state index in [1.807, 2.05) is 0 Å². The molecule has 8 heteroatoms. The fraction of sp³-hybridized carbons (Fsp3) is 0.158. The molecule has 0 aliphatic rings.